The maximum atomic E-state index is 13.0. The van der Waals surface area contributed by atoms with Gasteiger partial charge in [-0.1, -0.05) is 0 Å². The van der Waals surface area contributed by atoms with E-state index in [9.17, 15) is 18.0 Å². The third kappa shape index (κ3) is 5.50. The van der Waals surface area contributed by atoms with E-state index < -0.39 is 11.7 Å². The van der Waals surface area contributed by atoms with Crippen molar-refractivity contribution in [3.8, 4) is 6.07 Å². The molecule has 1 amide bonds. The van der Waals surface area contributed by atoms with E-state index in [1.165, 1.54) is 6.07 Å². The van der Waals surface area contributed by atoms with Crippen LogP contribution in [0.5, 0.6) is 0 Å². The summed E-state index contributed by atoms with van der Waals surface area (Å²) in [5.41, 5.74) is 2.37. The zero-order chi connectivity index (χ0) is 21.8. The Hall–Kier alpha value is -3.02. The minimum atomic E-state index is -4.49. The quantitative estimate of drug-likeness (QED) is 0.751. The van der Waals surface area contributed by atoms with Gasteiger partial charge in [0.15, 0.2) is 0 Å². The standard InChI is InChI=1S/C20H24F3N5O/c1-13-16(14(2)28(26-13)11-5-10-24)7-9-19(29)25-17-12-15(20(21,22)23)6-8-18(17)27(3)4/h6,8,12H,5,7,9,11H2,1-4H3,(H,25,29). The zero-order valence-corrected chi connectivity index (χ0v) is 16.9. The first-order valence-electron chi connectivity index (χ1n) is 9.12. The van der Waals surface area contributed by atoms with E-state index in [1.807, 2.05) is 13.8 Å². The van der Waals surface area contributed by atoms with Crippen LogP contribution in [0.15, 0.2) is 18.2 Å². The number of aryl methyl sites for hydroxylation is 2. The van der Waals surface area contributed by atoms with Crippen molar-refractivity contribution in [2.45, 2.75) is 45.8 Å². The summed E-state index contributed by atoms with van der Waals surface area (Å²) in [6.07, 6.45) is -3.64. The fraction of sp³-hybridized carbons (Fsp3) is 0.450. The Kier molecular flexibility index (Phi) is 6.90. The smallest absolute Gasteiger partial charge is 0.376 e. The molecule has 1 aromatic carbocycles. The number of halogens is 3. The van der Waals surface area contributed by atoms with Crippen LogP contribution < -0.4 is 10.2 Å². The van der Waals surface area contributed by atoms with Gasteiger partial charge in [0, 0.05) is 26.2 Å². The Morgan fingerprint density at radius 3 is 2.59 bits per heavy atom. The molecule has 0 aliphatic carbocycles. The predicted octanol–water partition coefficient (Wildman–Crippen LogP) is 4.07. The number of carbonyl (C=O) groups excluding carboxylic acids is 1. The van der Waals surface area contributed by atoms with E-state index in [2.05, 4.69) is 16.5 Å². The molecule has 9 heteroatoms. The highest BCUT2D eigenvalue weighted by Gasteiger charge is 2.31. The molecule has 0 bridgehead atoms. The Balaban J connectivity index is 2.14. The van der Waals surface area contributed by atoms with Crippen LogP contribution in [0.2, 0.25) is 0 Å². The number of aromatic nitrogens is 2. The molecule has 0 saturated heterocycles. The summed E-state index contributed by atoms with van der Waals surface area (Å²) < 4.78 is 40.8. The number of alkyl halides is 3. The molecule has 0 aliphatic rings. The van der Waals surface area contributed by atoms with Crippen LogP contribution in [0.25, 0.3) is 0 Å². The highest BCUT2D eigenvalue weighted by molar-refractivity contribution is 5.94. The first kappa shape index (κ1) is 22.3. The number of nitrogens with zero attached hydrogens (tertiary/aromatic N) is 4. The molecule has 1 heterocycles. The number of carbonyl (C=O) groups is 1. The average Bonchev–Trinajstić information content (AvgIpc) is 2.90. The SMILES string of the molecule is Cc1nn(CCC#N)c(C)c1CCC(=O)Nc1cc(C(F)(F)F)ccc1N(C)C. The van der Waals surface area contributed by atoms with Gasteiger partial charge in [0.2, 0.25) is 5.91 Å². The van der Waals surface area contributed by atoms with Gasteiger partial charge < -0.3 is 10.2 Å². The van der Waals surface area contributed by atoms with E-state index in [-0.39, 0.29) is 18.0 Å². The molecule has 2 aromatic rings. The molecule has 0 radical (unpaired) electrons. The molecule has 156 valence electrons. The molecule has 0 spiro atoms. The Bertz CT molecular complexity index is 925. The van der Waals surface area contributed by atoms with Gasteiger partial charge in [0.05, 0.1) is 41.7 Å². The molecule has 0 saturated carbocycles. The second-order valence-corrected chi connectivity index (χ2v) is 6.95. The lowest BCUT2D eigenvalue weighted by Crippen LogP contribution is -2.18. The van der Waals surface area contributed by atoms with Crippen molar-refractivity contribution >= 4 is 17.3 Å². The maximum Gasteiger partial charge on any atom is 0.416 e. The summed E-state index contributed by atoms with van der Waals surface area (Å²) in [6, 6.07) is 5.35. The number of hydrogen-bond acceptors (Lipinski definition) is 4. The topological polar surface area (TPSA) is 73.9 Å². The normalized spacial score (nSPS) is 11.2. The summed E-state index contributed by atoms with van der Waals surface area (Å²) in [4.78, 5) is 14.1. The molecule has 1 N–H and O–H groups in total. The predicted molar refractivity (Wildman–Crippen MR) is 105 cm³/mol. The van der Waals surface area contributed by atoms with Crippen molar-refractivity contribution in [2.75, 3.05) is 24.3 Å². The van der Waals surface area contributed by atoms with E-state index in [0.717, 1.165) is 29.1 Å². The van der Waals surface area contributed by atoms with Gasteiger partial charge in [-0.05, 0) is 44.0 Å². The van der Waals surface area contributed by atoms with E-state index in [0.29, 0.717) is 25.1 Å². The summed E-state index contributed by atoms with van der Waals surface area (Å²) >= 11 is 0. The van der Waals surface area contributed by atoms with Gasteiger partial charge in [-0.3, -0.25) is 9.48 Å². The summed E-state index contributed by atoms with van der Waals surface area (Å²) in [7, 11) is 3.39. The van der Waals surface area contributed by atoms with Crippen LogP contribution in [0.3, 0.4) is 0 Å². The molecule has 0 fully saturated rings. The Morgan fingerprint density at radius 1 is 1.31 bits per heavy atom. The van der Waals surface area contributed by atoms with Crippen LogP contribution in [0.4, 0.5) is 24.5 Å². The van der Waals surface area contributed by atoms with Crippen LogP contribution >= 0.6 is 0 Å². The van der Waals surface area contributed by atoms with E-state index >= 15 is 0 Å². The lowest BCUT2D eigenvalue weighted by Gasteiger charge is -2.20. The first-order chi connectivity index (χ1) is 13.5. The second-order valence-electron chi connectivity index (χ2n) is 6.95. The largest absolute Gasteiger partial charge is 0.416 e. The zero-order valence-electron chi connectivity index (χ0n) is 16.9. The minimum absolute atomic E-state index is 0.106. The first-order valence-corrected chi connectivity index (χ1v) is 9.12. The molecule has 29 heavy (non-hydrogen) atoms. The van der Waals surface area contributed by atoms with Gasteiger partial charge in [-0.25, -0.2) is 0 Å². The summed E-state index contributed by atoms with van der Waals surface area (Å²) in [5, 5.41) is 15.7. The molecule has 0 unspecified atom stereocenters. The second kappa shape index (κ2) is 8.99. The lowest BCUT2D eigenvalue weighted by molar-refractivity contribution is -0.137. The number of nitriles is 1. The van der Waals surface area contributed by atoms with Crippen LogP contribution in [-0.2, 0) is 23.9 Å². The lowest BCUT2D eigenvalue weighted by atomic mass is 10.1. The van der Waals surface area contributed by atoms with Crippen LogP contribution in [-0.4, -0.2) is 29.8 Å². The fourth-order valence-electron chi connectivity index (χ4n) is 3.12. The number of hydrogen-bond donors (Lipinski definition) is 1. The Labute approximate surface area is 167 Å². The summed E-state index contributed by atoms with van der Waals surface area (Å²) in [6.45, 7) is 4.19. The molecule has 0 atom stereocenters. The van der Waals surface area contributed by atoms with Crippen molar-refractivity contribution in [1.29, 1.82) is 5.26 Å². The van der Waals surface area contributed by atoms with Gasteiger partial charge in [0.25, 0.3) is 0 Å². The van der Waals surface area contributed by atoms with E-state index in [1.54, 1.807) is 23.7 Å². The van der Waals surface area contributed by atoms with E-state index in [4.69, 9.17) is 5.26 Å². The van der Waals surface area contributed by atoms with Crippen LogP contribution in [0, 0.1) is 25.2 Å². The number of anilines is 2. The number of nitrogens with one attached hydrogen (secondary N) is 1. The average molecular weight is 407 g/mol. The maximum absolute atomic E-state index is 13.0. The molecule has 6 nitrogen and oxygen atoms in total. The minimum Gasteiger partial charge on any atom is -0.376 e. The molecular weight excluding hydrogens is 383 g/mol. The fourth-order valence-corrected chi connectivity index (χ4v) is 3.12. The Morgan fingerprint density at radius 2 is 2.00 bits per heavy atom. The third-order valence-electron chi connectivity index (χ3n) is 4.65. The van der Waals surface area contributed by atoms with Crippen molar-refractivity contribution in [1.82, 2.24) is 9.78 Å². The van der Waals surface area contributed by atoms with Gasteiger partial charge in [0.1, 0.15) is 0 Å². The van der Waals surface area contributed by atoms with Gasteiger partial charge in [-0.2, -0.15) is 23.5 Å². The van der Waals surface area contributed by atoms with Crippen molar-refractivity contribution < 1.29 is 18.0 Å². The van der Waals surface area contributed by atoms with Gasteiger partial charge in [-0.15, -0.1) is 0 Å². The molecule has 2 rings (SSSR count). The highest BCUT2D eigenvalue weighted by atomic mass is 19.4. The van der Waals surface area contributed by atoms with Crippen molar-refractivity contribution in [3.63, 3.8) is 0 Å². The number of benzene rings is 1. The monoisotopic (exact) mass is 407 g/mol. The molecular formula is C20H24F3N5O. The van der Waals surface area contributed by atoms with Crippen molar-refractivity contribution in [2.24, 2.45) is 0 Å². The molecule has 1 aromatic heterocycles. The highest BCUT2D eigenvalue weighted by Crippen LogP contribution is 2.35. The summed E-state index contributed by atoms with van der Waals surface area (Å²) in [5.74, 6) is -0.379. The number of rotatable bonds is 7. The van der Waals surface area contributed by atoms with Crippen molar-refractivity contribution in [3.05, 3.63) is 40.7 Å². The van der Waals surface area contributed by atoms with Crippen LogP contribution in [0.1, 0.15) is 35.4 Å². The van der Waals surface area contributed by atoms with Gasteiger partial charge >= 0.3 is 6.18 Å². The number of amides is 1. The third-order valence-corrected chi connectivity index (χ3v) is 4.65. The molecule has 0 aliphatic heterocycles.